The highest BCUT2D eigenvalue weighted by Crippen LogP contribution is 2.32. The first kappa shape index (κ1) is 26.8. The molecule has 0 fully saturated rings. The lowest BCUT2D eigenvalue weighted by Crippen LogP contribution is -3.09. The van der Waals surface area contributed by atoms with Crippen molar-refractivity contribution in [1.29, 1.82) is 0 Å². The van der Waals surface area contributed by atoms with Crippen molar-refractivity contribution in [1.82, 2.24) is 0 Å². The van der Waals surface area contributed by atoms with Crippen LogP contribution in [0.3, 0.4) is 0 Å². The fourth-order valence-electron chi connectivity index (χ4n) is 3.61. The van der Waals surface area contributed by atoms with E-state index in [9.17, 15) is 14.0 Å². The van der Waals surface area contributed by atoms with Crippen LogP contribution < -0.4 is 20.4 Å². The quantitative estimate of drug-likeness (QED) is 0.317. The standard InChI is InChI=1S/C21H22NO2P.C6H7O3P/c23-25(24,21-14-8-3-9-15-21)18-22(16-19-10-4-1-5-11-19)17-20-12-6-2-7-13-20;7-10(8,9)6-4-2-1-3-5-6/h1-15H,16-18H2,(H,23,24);1-5H,(H2,7,8,9). The molecule has 0 aliphatic rings. The second-order valence-electron chi connectivity index (χ2n) is 8.12. The summed E-state index contributed by atoms with van der Waals surface area (Å²) in [4.78, 5) is 31.0. The SMILES string of the molecule is O=P(O)(O)c1ccccc1.O=P([O-])(C[NH+](Cc1ccccc1)Cc1ccccc1)c1ccccc1. The lowest BCUT2D eigenvalue weighted by atomic mass is 10.2. The van der Waals surface area contributed by atoms with Crippen molar-refractivity contribution in [3.63, 3.8) is 0 Å². The van der Waals surface area contributed by atoms with Crippen LogP contribution in [-0.4, -0.2) is 16.1 Å². The molecule has 1 atom stereocenters. The van der Waals surface area contributed by atoms with Crippen LogP contribution in [0.15, 0.2) is 121 Å². The Morgan fingerprint density at radius 3 is 1.26 bits per heavy atom. The molecule has 4 aromatic rings. The number of rotatable bonds is 8. The summed E-state index contributed by atoms with van der Waals surface area (Å²) in [5.41, 5.74) is 2.28. The average Bonchev–Trinajstić information content (AvgIpc) is 2.86. The smallest absolute Gasteiger partial charge is 0.356 e. The molecule has 0 spiro atoms. The minimum atomic E-state index is -4.02. The first-order valence-corrected chi connectivity index (χ1v) is 14.5. The second-order valence-corrected chi connectivity index (χ2v) is 11.9. The van der Waals surface area contributed by atoms with Gasteiger partial charge in [-0.3, -0.25) is 4.57 Å². The van der Waals surface area contributed by atoms with Crippen LogP contribution in [0.2, 0.25) is 0 Å². The number of quaternary nitrogens is 1. The zero-order chi connectivity index (χ0) is 25.2. The van der Waals surface area contributed by atoms with Crippen LogP contribution in [0, 0.1) is 0 Å². The van der Waals surface area contributed by atoms with Gasteiger partial charge in [-0.25, -0.2) is 0 Å². The molecule has 0 bridgehead atoms. The summed E-state index contributed by atoms with van der Waals surface area (Å²) >= 11 is 0. The van der Waals surface area contributed by atoms with Crippen molar-refractivity contribution in [2.24, 2.45) is 0 Å². The highest BCUT2D eigenvalue weighted by Gasteiger charge is 2.20. The molecule has 4 aromatic carbocycles. The molecule has 0 radical (unpaired) electrons. The average molecular weight is 509 g/mol. The van der Waals surface area contributed by atoms with Gasteiger partial charge in [0.25, 0.3) is 0 Å². The van der Waals surface area contributed by atoms with E-state index >= 15 is 0 Å². The van der Waals surface area contributed by atoms with Crippen molar-refractivity contribution in [3.05, 3.63) is 132 Å². The van der Waals surface area contributed by atoms with Gasteiger partial charge < -0.3 is 24.1 Å². The van der Waals surface area contributed by atoms with Gasteiger partial charge in [0.2, 0.25) is 0 Å². The molecular formula is C27H29NO5P2. The molecule has 182 valence electrons. The molecule has 0 heterocycles. The Balaban J connectivity index is 0.000000287. The molecule has 4 rings (SSSR count). The third-order valence-electron chi connectivity index (χ3n) is 5.27. The molecule has 35 heavy (non-hydrogen) atoms. The third-order valence-corrected chi connectivity index (χ3v) is 8.19. The fourth-order valence-corrected chi connectivity index (χ4v) is 5.79. The van der Waals surface area contributed by atoms with E-state index < -0.39 is 15.0 Å². The van der Waals surface area contributed by atoms with Crippen LogP contribution in [-0.2, 0) is 22.2 Å². The van der Waals surface area contributed by atoms with E-state index in [-0.39, 0.29) is 11.6 Å². The summed E-state index contributed by atoms with van der Waals surface area (Å²) in [6, 6.07) is 36.5. The molecule has 8 heteroatoms. The molecule has 0 aliphatic heterocycles. The molecule has 1 unspecified atom stereocenters. The van der Waals surface area contributed by atoms with Crippen molar-refractivity contribution in [2.45, 2.75) is 13.1 Å². The number of hydrogen-bond acceptors (Lipinski definition) is 3. The Kier molecular flexibility index (Phi) is 9.76. The first-order chi connectivity index (χ1) is 16.7. The van der Waals surface area contributed by atoms with E-state index in [1.807, 2.05) is 66.7 Å². The van der Waals surface area contributed by atoms with Crippen molar-refractivity contribution < 1.29 is 28.7 Å². The van der Waals surface area contributed by atoms with Crippen LogP contribution in [0.1, 0.15) is 11.1 Å². The molecule has 0 aromatic heterocycles. The van der Waals surface area contributed by atoms with E-state index in [0.29, 0.717) is 18.4 Å². The summed E-state index contributed by atoms with van der Waals surface area (Å²) in [6.07, 6.45) is 0.0980. The van der Waals surface area contributed by atoms with Crippen molar-refractivity contribution in [3.8, 4) is 0 Å². The molecule has 0 aliphatic carbocycles. The summed E-state index contributed by atoms with van der Waals surface area (Å²) in [5.74, 6) is 0. The fraction of sp³-hybridized carbons (Fsp3) is 0.111. The minimum Gasteiger partial charge on any atom is -0.792 e. The Labute approximate surface area is 206 Å². The molecule has 3 N–H and O–H groups in total. The predicted octanol–water partition coefficient (Wildman–Crippen LogP) is 2.68. The lowest BCUT2D eigenvalue weighted by molar-refractivity contribution is -0.917. The predicted molar refractivity (Wildman–Crippen MR) is 138 cm³/mol. The topological polar surface area (TPSA) is 102 Å². The van der Waals surface area contributed by atoms with E-state index in [2.05, 4.69) is 0 Å². The van der Waals surface area contributed by atoms with Gasteiger partial charge in [0, 0.05) is 16.4 Å². The van der Waals surface area contributed by atoms with Crippen molar-refractivity contribution in [2.75, 3.05) is 6.29 Å². The monoisotopic (exact) mass is 509 g/mol. The van der Waals surface area contributed by atoms with E-state index in [1.54, 1.807) is 42.5 Å². The third kappa shape index (κ3) is 9.04. The van der Waals surface area contributed by atoms with E-state index in [0.717, 1.165) is 16.0 Å². The molecule has 6 nitrogen and oxygen atoms in total. The highest BCUT2D eigenvalue weighted by atomic mass is 31.2. The molecular weight excluding hydrogens is 480 g/mol. The van der Waals surface area contributed by atoms with Crippen LogP contribution in [0.4, 0.5) is 0 Å². The second kappa shape index (κ2) is 12.8. The largest absolute Gasteiger partial charge is 0.792 e. The minimum absolute atomic E-state index is 0.0648. The summed E-state index contributed by atoms with van der Waals surface area (Å²) in [7, 11) is -7.68. The molecule has 0 saturated heterocycles. The number of benzene rings is 4. The van der Waals surface area contributed by atoms with Gasteiger partial charge in [0.05, 0.1) is 12.7 Å². The van der Waals surface area contributed by atoms with Gasteiger partial charge in [-0.15, -0.1) is 0 Å². The highest BCUT2D eigenvalue weighted by molar-refractivity contribution is 7.64. The van der Waals surface area contributed by atoms with Crippen LogP contribution in [0.5, 0.6) is 0 Å². The van der Waals surface area contributed by atoms with E-state index in [1.165, 1.54) is 12.1 Å². The van der Waals surface area contributed by atoms with Crippen LogP contribution in [0.25, 0.3) is 0 Å². The summed E-state index contributed by atoms with van der Waals surface area (Å²) in [6.45, 7) is 1.35. The lowest BCUT2D eigenvalue weighted by Gasteiger charge is -2.29. The Hall–Kier alpha value is -2.82. The Morgan fingerprint density at radius 2 is 0.914 bits per heavy atom. The maximum Gasteiger partial charge on any atom is 0.356 e. The number of nitrogens with one attached hydrogen (secondary N) is 1. The summed E-state index contributed by atoms with van der Waals surface area (Å²) in [5, 5.41) is 0.476. The normalized spacial score (nSPS) is 12.9. The maximum absolute atomic E-state index is 12.8. The Bertz CT molecular complexity index is 1210. The van der Waals surface area contributed by atoms with Crippen molar-refractivity contribution >= 4 is 25.6 Å². The van der Waals surface area contributed by atoms with E-state index in [4.69, 9.17) is 9.79 Å². The summed E-state index contributed by atoms with van der Waals surface area (Å²) < 4.78 is 23.4. The number of hydrogen-bond donors (Lipinski definition) is 3. The first-order valence-electron chi connectivity index (χ1n) is 11.1. The Morgan fingerprint density at radius 1 is 0.571 bits per heavy atom. The van der Waals surface area contributed by atoms with Gasteiger partial charge in [-0.1, -0.05) is 109 Å². The van der Waals surface area contributed by atoms with Gasteiger partial charge in [-0.05, 0) is 12.1 Å². The zero-order valence-electron chi connectivity index (χ0n) is 19.2. The molecule has 0 saturated carbocycles. The maximum atomic E-state index is 12.8. The molecule has 0 amide bonds. The van der Waals surface area contributed by atoms with Gasteiger partial charge in [-0.2, -0.15) is 0 Å². The van der Waals surface area contributed by atoms with Gasteiger partial charge in [0.15, 0.2) is 0 Å². The van der Waals surface area contributed by atoms with Gasteiger partial charge >= 0.3 is 7.60 Å². The zero-order valence-corrected chi connectivity index (χ0v) is 21.0. The van der Waals surface area contributed by atoms with Crippen LogP contribution >= 0.6 is 15.0 Å². The van der Waals surface area contributed by atoms with Gasteiger partial charge in [0.1, 0.15) is 19.4 Å².